The Labute approximate surface area is 129 Å². The molecule has 21 heavy (non-hydrogen) atoms. The molecule has 1 heterocycles. The van der Waals surface area contributed by atoms with Crippen LogP contribution in [0.1, 0.15) is 37.8 Å². The van der Waals surface area contributed by atoms with Crippen molar-refractivity contribution in [2.75, 3.05) is 26.7 Å². The van der Waals surface area contributed by atoms with Gasteiger partial charge in [-0.2, -0.15) is 0 Å². The number of likely N-dealkylation sites (tertiary alicyclic amines) is 1. The second-order valence-corrected chi connectivity index (χ2v) is 6.58. The van der Waals surface area contributed by atoms with Crippen LogP contribution in [0.15, 0.2) is 24.3 Å². The summed E-state index contributed by atoms with van der Waals surface area (Å²) >= 11 is 0. The highest BCUT2D eigenvalue weighted by molar-refractivity contribution is 5.23. The van der Waals surface area contributed by atoms with Crippen molar-refractivity contribution >= 4 is 0 Å². The van der Waals surface area contributed by atoms with Gasteiger partial charge in [-0.05, 0) is 43.0 Å². The molecule has 1 fully saturated rings. The SMILES string of the molecule is COC1CCCN(Cc2cccc(CNCC(C)C)c2)C1. The Morgan fingerprint density at radius 2 is 2.14 bits per heavy atom. The van der Waals surface area contributed by atoms with Crippen LogP contribution in [0.3, 0.4) is 0 Å². The van der Waals surface area contributed by atoms with E-state index < -0.39 is 0 Å². The highest BCUT2D eigenvalue weighted by atomic mass is 16.5. The van der Waals surface area contributed by atoms with Crippen LogP contribution >= 0.6 is 0 Å². The third-order valence-electron chi connectivity index (χ3n) is 4.07. The van der Waals surface area contributed by atoms with E-state index in [1.54, 1.807) is 0 Å². The molecule has 118 valence electrons. The molecule has 1 aromatic rings. The summed E-state index contributed by atoms with van der Waals surface area (Å²) < 4.78 is 5.51. The first-order valence-corrected chi connectivity index (χ1v) is 8.21. The van der Waals surface area contributed by atoms with Gasteiger partial charge in [-0.1, -0.05) is 38.1 Å². The summed E-state index contributed by atoms with van der Waals surface area (Å²) in [7, 11) is 1.83. The van der Waals surface area contributed by atoms with Crippen LogP contribution < -0.4 is 5.32 Å². The number of benzene rings is 1. The number of methoxy groups -OCH3 is 1. The fourth-order valence-electron chi connectivity index (χ4n) is 2.95. The molecule has 1 unspecified atom stereocenters. The summed E-state index contributed by atoms with van der Waals surface area (Å²) in [4.78, 5) is 2.51. The number of nitrogens with zero attached hydrogens (tertiary/aromatic N) is 1. The van der Waals surface area contributed by atoms with Gasteiger partial charge < -0.3 is 10.1 Å². The average molecular weight is 290 g/mol. The van der Waals surface area contributed by atoms with E-state index in [-0.39, 0.29) is 0 Å². The van der Waals surface area contributed by atoms with Crippen LogP contribution in [0.2, 0.25) is 0 Å². The number of piperidine rings is 1. The molecule has 0 spiro atoms. The minimum atomic E-state index is 0.412. The number of rotatable bonds is 7. The van der Waals surface area contributed by atoms with Gasteiger partial charge in [0.1, 0.15) is 0 Å². The van der Waals surface area contributed by atoms with Gasteiger partial charge in [-0.3, -0.25) is 4.90 Å². The molecular formula is C18H30N2O. The van der Waals surface area contributed by atoms with Gasteiger partial charge in [0, 0.05) is 26.7 Å². The Morgan fingerprint density at radius 3 is 2.90 bits per heavy atom. The van der Waals surface area contributed by atoms with Gasteiger partial charge in [0.25, 0.3) is 0 Å². The first-order valence-electron chi connectivity index (χ1n) is 8.21. The van der Waals surface area contributed by atoms with Crippen LogP contribution in [0, 0.1) is 5.92 Å². The fourth-order valence-corrected chi connectivity index (χ4v) is 2.95. The van der Waals surface area contributed by atoms with E-state index in [1.807, 2.05) is 7.11 Å². The van der Waals surface area contributed by atoms with Gasteiger partial charge in [-0.15, -0.1) is 0 Å². The molecule has 1 aromatic carbocycles. The predicted octanol–water partition coefficient (Wildman–Crippen LogP) is 3.04. The maximum Gasteiger partial charge on any atom is 0.0698 e. The van der Waals surface area contributed by atoms with Gasteiger partial charge in [0.2, 0.25) is 0 Å². The Hall–Kier alpha value is -0.900. The minimum absolute atomic E-state index is 0.412. The summed E-state index contributed by atoms with van der Waals surface area (Å²) in [5, 5.41) is 3.51. The second-order valence-electron chi connectivity index (χ2n) is 6.58. The molecule has 2 rings (SSSR count). The van der Waals surface area contributed by atoms with Crippen LogP contribution in [-0.4, -0.2) is 37.7 Å². The molecule has 0 radical (unpaired) electrons. The maximum absolute atomic E-state index is 5.51. The van der Waals surface area contributed by atoms with Crippen LogP contribution in [-0.2, 0) is 17.8 Å². The molecule has 1 saturated heterocycles. The van der Waals surface area contributed by atoms with E-state index >= 15 is 0 Å². The standard InChI is InChI=1S/C18H30N2O/c1-15(2)11-19-12-16-6-4-7-17(10-16)13-20-9-5-8-18(14-20)21-3/h4,6-7,10,15,18-19H,5,8-9,11-14H2,1-3H3. The second kappa shape index (κ2) is 8.52. The van der Waals surface area contributed by atoms with Crippen molar-refractivity contribution in [1.29, 1.82) is 0 Å². The molecule has 0 aromatic heterocycles. The van der Waals surface area contributed by atoms with Gasteiger partial charge in [0.05, 0.1) is 6.10 Å². The first kappa shape index (κ1) is 16.5. The molecule has 1 N–H and O–H groups in total. The number of hydrogen-bond donors (Lipinski definition) is 1. The summed E-state index contributed by atoms with van der Waals surface area (Å²) in [6.07, 6.45) is 2.86. The molecule has 3 heteroatoms. The van der Waals surface area contributed by atoms with Crippen molar-refractivity contribution in [3.05, 3.63) is 35.4 Å². The summed E-state index contributed by atoms with van der Waals surface area (Å²) in [5.74, 6) is 0.701. The zero-order chi connectivity index (χ0) is 15.1. The van der Waals surface area contributed by atoms with Crippen molar-refractivity contribution in [2.24, 2.45) is 5.92 Å². The van der Waals surface area contributed by atoms with E-state index in [1.165, 1.54) is 30.5 Å². The van der Waals surface area contributed by atoms with E-state index in [0.717, 1.165) is 26.2 Å². The number of hydrogen-bond acceptors (Lipinski definition) is 3. The van der Waals surface area contributed by atoms with Crippen molar-refractivity contribution in [2.45, 2.75) is 45.9 Å². The van der Waals surface area contributed by atoms with Crippen LogP contribution in [0.25, 0.3) is 0 Å². The van der Waals surface area contributed by atoms with E-state index in [0.29, 0.717) is 12.0 Å². The monoisotopic (exact) mass is 290 g/mol. The quantitative estimate of drug-likeness (QED) is 0.835. The molecule has 0 amide bonds. The molecule has 1 aliphatic rings. The largest absolute Gasteiger partial charge is 0.380 e. The van der Waals surface area contributed by atoms with E-state index in [2.05, 4.69) is 48.3 Å². The molecular weight excluding hydrogens is 260 g/mol. The molecule has 0 bridgehead atoms. The zero-order valence-electron chi connectivity index (χ0n) is 13.8. The van der Waals surface area contributed by atoms with Crippen molar-refractivity contribution in [1.82, 2.24) is 10.2 Å². The van der Waals surface area contributed by atoms with Gasteiger partial charge in [-0.25, -0.2) is 0 Å². The van der Waals surface area contributed by atoms with Gasteiger partial charge >= 0.3 is 0 Å². The third-order valence-corrected chi connectivity index (χ3v) is 4.07. The Bertz CT molecular complexity index is 419. The zero-order valence-corrected chi connectivity index (χ0v) is 13.8. The van der Waals surface area contributed by atoms with E-state index in [9.17, 15) is 0 Å². The average Bonchev–Trinajstić information content (AvgIpc) is 2.47. The maximum atomic E-state index is 5.51. The fraction of sp³-hybridized carbons (Fsp3) is 0.667. The number of nitrogens with one attached hydrogen (secondary N) is 1. The lowest BCUT2D eigenvalue weighted by atomic mass is 10.1. The predicted molar refractivity (Wildman–Crippen MR) is 88.3 cm³/mol. The molecule has 1 atom stereocenters. The molecule has 3 nitrogen and oxygen atoms in total. The Morgan fingerprint density at radius 1 is 1.33 bits per heavy atom. The lowest BCUT2D eigenvalue weighted by molar-refractivity contribution is 0.0285. The van der Waals surface area contributed by atoms with Crippen molar-refractivity contribution in [3.63, 3.8) is 0 Å². The topological polar surface area (TPSA) is 24.5 Å². The van der Waals surface area contributed by atoms with Crippen LogP contribution in [0.4, 0.5) is 0 Å². The Balaban J connectivity index is 1.85. The van der Waals surface area contributed by atoms with E-state index in [4.69, 9.17) is 4.74 Å². The Kier molecular flexibility index (Phi) is 6.68. The summed E-state index contributed by atoms with van der Waals surface area (Å²) in [5.41, 5.74) is 2.80. The lowest BCUT2D eigenvalue weighted by Gasteiger charge is -2.31. The van der Waals surface area contributed by atoms with Crippen molar-refractivity contribution < 1.29 is 4.74 Å². The summed E-state index contributed by atoms with van der Waals surface area (Å²) in [6, 6.07) is 8.97. The van der Waals surface area contributed by atoms with Gasteiger partial charge in [0.15, 0.2) is 0 Å². The smallest absolute Gasteiger partial charge is 0.0698 e. The first-order chi connectivity index (χ1) is 10.2. The molecule has 1 aliphatic heterocycles. The number of ether oxygens (including phenoxy) is 1. The van der Waals surface area contributed by atoms with Crippen molar-refractivity contribution in [3.8, 4) is 0 Å². The highest BCUT2D eigenvalue weighted by Crippen LogP contribution is 2.16. The minimum Gasteiger partial charge on any atom is -0.380 e. The third kappa shape index (κ3) is 5.77. The molecule has 0 saturated carbocycles. The van der Waals surface area contributed by atoms with Crippen LogP contribution in [0.5, 0.6) is 0 Å². The highest BCUT2D eigenvalue weighted by Gasteiger charge is 2.19. The lowest BCUT2D eigenvalue weighted by Crippen LogP contribution is -2.38. The summed E-state index contributed by atoms with van der Waals surface area (Å²) in [6.45, 7) is 9.82. The normalized spacial score (nSPS) is 20.1. The molecule has 0 aliphatic carbocycles.